The number of carbonyl (C=O) groups is 1. The molecule has 0 aliphatic carbocycles. The van der Waals surface area contributed by atoms with Crippen LogP contribution in [0.5, 0.6) is 0 Å². The minimum absolute atomic E-state index is 0.0856. The summed E-state index contributed by atoms with van der Waals surface area (Å²) in [6.45, 7) is 0.988. The molecule has 0 spiro atoms. The van der Waals surface area contributed by atoms with Crippen molar-refractivity contribution < 1.29 is 9.90 Å². The van der Waals surface area contributed by atoms with E-state index < -0.39 is 5.97 Å². The predicted molar refractivity (Wildman–Crippen MR) is 79.0 cm³/mol. The van der Waals surface area contributed by atoms with Crippen LogP contribution in [0, 0.1) is 0 Å². The van der Waals surface area contributed by atoms with Crippen molar-refractivity contribution in [2.75, 3.05) is 20.6 Å². The molecule has 1 N–H and O–H groups in total. The predicted octanol–water partition coefficient (Wildman–Crippen LogP) is 2.60. The second-order valence-electron chi connectivity index (χ2n) is 4.52. The first-order valence-corrected chi connectivity index (χ1v) is 7.64. The Bertz CT molecular complexity index is 560. The zero-order chi connectivity index (χ0) is 13.8. The number of carboxylic acid groups (broad SMARTS) is 1. The van der Waals surface area contributed by atoms with Gasteiger partial charge in [-0.3, -0.25) is 4.79 Å². The van der Waals surface area contributed by atoms with Crippen LogP contribution in [0.1, 0.15) is 9.88 Å². The highest BCUT2D eigenvalue weighted by atomic mass is 32.1. The van der Waals surface area contributed by atoms with Gasteiger partial charge in [-0.25, -0.2) is 4.98 Å². The van der Waals surface area contributed by atoms with Crippen molar-refractivity contribution in [3.63, 3.8) is 0 Å². The van der Waals surface area contributed by atoms with E-state index in [9.17, 15) is 4.79 Å². The van der Waals surface area contributed by atoms with Crippen molar-refractivity contribution in [2.24, 2.45) is 0 Å². The highest BCUT2D eigenvalue weighted by Gasteiger charge is 2.09. The lowest BCUT2D eigenvalue weighted by Gasteiger charge is -2.06. The lowest BCUT2D eigenvalue weighted by Crippen LogP contribution is -2.14. The molecule has 6 heteroatoms. The van der Waals surface area contributed by atoms with E-state index in [1.807, 2.05) is 31.6 Å². The van der Waals surface area contributed by atoms with Crippen LogP contribution in [0.3, 0.4) is 0 Å². The molecule has 102 valence electrons. The maximum atomic E-state index is 10.7. The van der Waals surface area contributed by atoms with Crippen molar-refractivity contribution in [3.8, 4) is 10.6 Å². The molecule has 0 saturated heterocycles. The molecule has 2 rings (SSSR count). The minimum Gasteiger partial charge on any atom is -0.481 e. The van der Waals surface area contributed by atoms with Crippen LogP contribution in [-0.4, -0.2) is 41.6 Å². The van der Waals surface area contributed by atoms with Gasteiger partial charge in [0.2, 0.25) is 0 Å². The summed E-state index contributed by atoms with van der Waals surface area (Å²) in [6, 6.07) is 3.82. The number of carboxylic acids is 1. The lowest BCUT2D eigenvalue weighted by molar-refractivity contribution is -0.136. The molecular weight excluding hydrogens is 280 g/mol. The molecule has 0 saturated carbocycles. The van der Waals surface area contributed by atoms with E-state index in [0.717, 1.165) is 33.4 Å². The zero-order valence-corrected chi connectivity index (χ0v) is 12.6. The Kier molecular flexibility index (Phi) is 4.68. The zero-order valence-electron chi connectivity index (χ0n) is 10.9. The summed E-state index contributed by atoms with van der Waals surface area (Å²) < 4.78 is 0. The molecule has 0 radical (unpaired) electrons. The van der Waals surface area contributed by atoms with Gasteiger partial charge >= 0.3 is 5.97 Å². The monoisotopic (exact) mass is 296 g/mol. The number of thiazole rings is 1. The first-order valence-electron chi connectivity index (χ1n) is 5.94. The maximum absolute atomic E-state index is 10.7. The van der Waals surface area contributed by atoms with Crippen molar-refractivity contribution in [3.05, 3.63) is 27.4 Å². The molecule has 19 heavy (non-hydrogen) atoms. The summed E-state index contributed by atoms with van der Waals surface area (Å²) in [5.74, 6) is -0.793. The number of thiophene rings is 1. The van der Waals surface area contributed by atoms with E-state index in [-0.39, 0.29) is 6.42 Å². The van der Waals surface area contributed by atoms with Gasteiger partial charge in [0, 0.05) is 23.2 Å². The average Bonchev–Trinajstić information content (AvgIpc) is 2.93. The van der Waals surface area contributed by atoms with Crippen LogP contribution >= 0.6 is 22.7 Å². The Morgan fingerprint density at radius 2 is 2.21 bits per heavy atom. The summed E-state index contributed by atoms with van der Waals surface area (Å²) in [6.07, 6.45) is 1.04. The van der Waals surface area contributed by atoms with E-state index in [1.165, 1.54) is 11.3 Å². The lowest BCUT2D eigenvalue weighted by atomic mass is 10.3. The van der Waals surface area contributed by atoms with Crippen molar-refractivity contribution in [1.82, 2.24) is 9.88 Å². The molecule has 0 amide bonds. The topological polar surface area (TPSA) is 53.4 Å². The largest absolute Gasteiger partial charge is 0.481 e. The quantitative estimate of drug-likeness (QED) is 0.890. The fraction of sp³-hybridized carbons (Fsp3) is 0.385. The van der Waals surface area contributed by atoms with Gasteiger partial charge in [-0.2, -0.15) is 0 Å². The van der Waals surface area contributed by atoms with Gasteiger partial charge in [0.1, 0.15) is 0 Å². The molecule has 2 aromatic rings. The van der Waals surface area contributed by atoms with E-state index in [0.29, 0.717) is 0 Å². The van der Waals surface area contributed by atoms with Crippen LogP contribution in [0.25, 0.3) is 10.6 Å². The highest BCUT2D eigenvalue weighted by molar-refractivity contribution is 7.16. The Balaban J connectivity index is 2.05. The Morgan fingerprint density at radius 1 is 1.42 bits per heavy atom. The van der Waals surface area contributed by atoms with Gasteiger partial charge in [0.15, 0.2) is 0 Å². The molecule has 0 bridgehead atoms. The van der Waals surface area contributed by atoms with E-state index in [4.69, 9.17) is 5.11 Å². The minimum atomic E-state index is -0.793. The second-order valence-corrected chi connectivity index (χ2v) is 6.63. The molecule has 2 aromatic heterocycles. The molecule has 0 aromatic carbocycles. The van der Waals surface area contributed by atoms with Crippen LogP contribution in [0.2, 0.25) is 0 Å². The first-order chi connectivity index (χ1) is 9.04. The number of aliphatic carboxylic acids is 1. The molecular formula is C13H16N2O2S2. The summed E-state index contributed by atoms with van der Waals surface area (Å²) in [7, 11) is 4.10. The van der Waals surface area contributed by atoms with Crippen molar-refractivity contribution in [2.45, 2.75) is 12.8 Å². The molecule has 0 aliphatic rings. The molecule has 0 atom stereocenters. The van der Waals surface area contributed by atoms with E-state index >= 15 is 0 Å². The number of nitrogens with zero attached hydrogens (tertiary/aromatic N) is 2. The van der Waals surface area contributed by atoms with Crippen LogP contribution < -0.4 is 0 Å². The molecule has 0 aliphatic heterocycles. The van der Waals surface area contributed by atoms with E-state index in [1.54, 1.807) is 11.3 Å². The highest BCUT2D eigenvalue weighted by Crippen LogP contribution is 2.29. The average molecular weight is 296 g/mol. The van der Waals surface area contributed by atoms with E-state index in [2.05, 4.69) is 9.88 Å². The number of hydrogen-bond acceptors (Lipinski definition) is 5. The van der Waals surface area contributed by atoms with Crippen LogP contribution in [0.4, 0.5) is 0 Å². The molecule has 2 heterocycles. The normalized spacial score (nSPS) is 11.1. The third-order valence-corrected chi connectivity index (χ3v) is 4.58. The Hall–Kier alpha value is -1.24. The van der Waals surface area contributed by atoms with Crippen LogP contribution in [0.15, 0.2) is 17.5 Å². The van der Waals surface area contributed by atoms with Gasteiger partial charge in [-0.1, -0.05) is 0 Å². The molecule has 0 unspecified atom stereocenters. The Labute approximate surface area is 120 Å². The fourth-order valence-corrected chi connectivity index (χ4v) is 3.44. The van der Waals surface area contributed by atoms with Crippen molar-refractivity contribution >= 4 is 28.6 Å². The number of rotatable bonds is 6. The van der Waals surface area contributed by atoms with Gasteiger partial charge in [-0.05, 0) is 26.2 Å². The van der Waals surface area contributed by atoms with Gasteiger partial charge in [0.05, 0.1) is 22.0 Å². The first kappa shape index (κ1) is 14.2. The number of likely N-dealkylation sites (N-methyl/N-ethyl adjacent to an activating group) is 1. The van der Waals surface area contributed by atoms with Gasteiger partial charge in [-0.15, -0.1) is 22.7 Å². The standard InChI is InChI=1S/C13H16N2O2S2/c1-15(2)6-5-12-14-10(8-18-12)11-4-3-9(19-11)7-13(16)17/h3-4,8H,5-7H2,1-2H3,(H,16,17). The number of aromatic nitrogens is 1. The smallest absolute Gasteiger partial charge is 0.308 e. The third kappa shape index (κ3) is 4.12. The summed E-state index contributed by atoms with van der Waals surface area (Å²) in [4.78, 5) is 19.3. The van der Waals surface area contributed by atoms with Crippen LogP contribution in [-0.2, 0) is 17.6 Å². The summed E-state index contributed by atoms with van der Waals surface area (Å²) in [5.41, 5.74) is 0.959. The van der Waals surface area contributed by atoms with Gasteiger partial charge in [0.25, 0.3) is 0 Å². The SMILES string of the molecule is CN(C)CCc1nc(-c2ccc(CC(=O)O)s2)cs1. The fourth-order valence-electron chi connectivity index (χ4n) is 1.62. The maximum Gasteiger partial charge on any atom is 0.308 e. The Morgan fingerprint density at radius 3 is 2.89 bits per heavy atom. The summed E-state index contributed by atoms with van der Waals surface area (Å²) >= 11 is 3.17. The molecule has 4 nitrogen and oxygen atoms in total. The third-order valence-electron chi connectivity index (χ3n) is 2.56. The molecule has 0 fully saturated rings. The van der Waals surface area contributed by atoms with Gasteiger partial charge < -0.3 is 10.0 Å². The second kappa shape index (κ2) is 6.27. The number of hydrogen-bond donors (Lipinski definition) is 1. The van der Waals surface area contributed by atoms with Crippen molar-refractivity contribution in [1.29, 1.82) is 0 Å². The summed E-state index contributed by atoms with van der Waals surface area (Å²) in [5, 5.41) is 11.9.